The van der Waals surface area contributed by atoms with Gasteiger partial charge in [-0.15, -0.1) is 0 Å². The smallest absolute Gasteiger partial charge is 0.249 e. The molecule has 2 fully saturated rings. The molecule has 0 saturated carbocycles. The van der Waals surface area contributed by atoms with Crippen molar-refractivity contribution in [3.05, 3.63) is 12.2 Å². The quantitative estimate of drug-likeness (QED) is 0.701. The number of carbonyl (C=O) groups is 2. The van der Waals surface area contributed by atoms with Gasteiger partial charge in [0.1, 0.15) is 11.4 Å². The van der Waals surface area contributed by atoms with Crippen molar-refractivity contribution < 1.29 is 19.1 Å². The van der Waals surface area contributed by atoms with Gasteiger partial charge in [-0.1, -0.05) is 0 Å². The molecule has 2 aliphatic rings. The number of hydrogen-bond donors (Lipinski definition) is 0. The summed E-state index contributed by atoms with van der Waals surface area (Å²) >= 11 is 0. The Balaban J connectivity index is 1.99. The van der Waals surface area contributed by atoms with E-state index in [2.05, 4.69) is 0 Å². The van der Waals surface area contributed by atoms with Crippen molar-refractivity contribution in [1.82, 2.24) is 9.80 Å². The van der Waals surface area contributed by atoms with Gasteiger partial charge in [-0.25, -0.2) is 0 Å². The normalized spacial score (nSPS) is 24.6. The molecule has 20 heavy (non-hydrogen) atoms. The maximum atomic E-state index is 12.1. The Kier molecular flexibility index (Phi) is 3.88. The second-order valence-corrected chi connectivity index (χ2v) is 5.90. The van der Waals surface area contributed by atoms with Gasteiger partial charge in [-0.05, 0) is 27.7 Å². The molecule has 0 unspecified atom stereocenters. The molecule has 2 saturated heterocycles. The molecule has 0 bridgehead atoms. The van der Waals surface area contributed by atoms with Crippen LogP contribution < -0.4 is 0 Å². The number of ether oxygens (including phenoxy) is 2. The SMILES string of the molecule is CC1(C)OCCN1C(=O)/C=C/C(=O)N1CCOC1(C)C. The van der Waals surface area contributed by atoms with Gasteiger partial charge in [-0.2, -0.15) is 0 Å². The van der Waals surface area contributed by atoms with Crippen molar-refractivity contribution in [2.45, 2.75) is 39.1 Å². The topological polar surface area (TPSA) is 59.1 Å². The Morgan fingerprint density at radius 2 is 1.20 bits per heavy atom. The summed E-state index contributed by atoms with van der Waals surface area (Å²) < 4.78 is 10.9. The second-order valence-electron chi connectivity index (χ2n) is 5.90. The molecule has 0 aromatic carbocycles. The minimum atomic E-state index is -0.611. The van der Waals surface area contributed by atoms with Crippen LogP contribution in [-0.2, 0) is 19.1 Å². The molecule has 0 radical (unpaired) electrons. The third-order valence-corrected chi connectivity index (χ3v) is 3.74. The summed E-state index contributed by atoms with van der Waals surface area (Å²) in [5, 5.41) is 0. The van der Waals surface area contributed by atoms with E-state index in [9.17, 15) is 9.59 Å². The van der Waals surface area contributed by atoms with E-state index in [-0.39, 0.29) is 11.8 Å². The van der Waals surface area contributed by atoms with Crippen molar-refractivity contribution in [2.75, 3.05) is 26.3 Å². The van der Waals surface area contributed by atoms with Gasteiger partial charge >= 0.3 is 0 Å². The lowest BCUT2D eigenvalue weighted by molar-refractivity contribution is -0.141. The van der Waals surface area contributed by atoms with Gasteiger partial charge < -0.3 is 19.3 Å². The zero-order valence-electron chi connectivity index (χ0n) is 12.5. The minimum absolute atomic E-state index is 0.209. The highest BCUT2D eigenvalue weighted by molar-refractivity contribution is 5.97. The monoisotopic (exact) mass is 282 g/mol. The fourth-order valence-electron chi connectivity index (χ4n) is 2.54. The van der Waals surface area contributed by atoms with E-state index in [4.69, 9.17) is 9.47 Å². The predicted octanol–water partition coefficient (Wildman–Crippen LogP) is 0.732. The second kappa shape index (κ2) is 5.18. The van der Waals surface area contributed by atoms with Gasteiger partial charge in [0.25, 0.3) is 0 Å². The van der Waals surface area contributed by atoms with Crippen LogP contribution in [-0.4, -0.2) is 59.4 Å². The van der Waals surface area contributed by atoms with E-state index in [0.717, 1.165) is 0 Å². The van der Waals surface area contributed by atoms with E-state index in [0.29, 0.717) is 26.3 Å². The number of carbonyl (C=O) groups excluding carboxylic acids is 2. The molecular weight excluding hydrogens is 260 g/mol. The van der Waals surface area contributed by atoms with Gasteiger partial charge in [-0.3, -0.25) is 9.59 Å². The molecule has 0 aliphatic carbocycles. The molecule has 0 atom stereocenters. The first kappa shape index (κ1) is 15.0. The molecule has 2 heterocycles. The first-order valence-corrected chi connectivity index (χ1v) is 6.83. The van der Waals surface area contributed by atoms with E-state index in [1.54, 1.807) is 9.80 Å². The van der Waals surface area contributed by atoms with Gasteiger partial charge in [0.2, 0.25) is 11.8 Å². The third kappa shape index (κ3) is 2.86. The largest absolute Gasteiger partial charge is 0.354 e. The minimum Gasteiger partial charge on any atom is -0.354 e. The first-order chi connectivity index (χ1) is 9.24. The highest BCUT2D eigenvalue weighted by Crippen LogP contribution is 2.23. The molecule has 6 nitrogen and oxygen atoms in total. The summed E-state index contributed by atoms with van der Waals surface area (Å²) in [6.45, 7) is 9.48. The standard InChI is InChI=1S/C14H22N2O4/c1-13(2)15(7-9-19-13)11(17)5-6-12(18)16-8-10-20-14(16,3)4/h5-6H,7-10H2,1-4H3/b6-5+. The van der Waals surface area contributed by atoms with Gasteiger partial charge in [0.15, 0.2) is 0 Å². The van der Waals surface area contributed by atoms with Crippen molar-refractivity contribution in [1.29, 1.82) is 0 Å². The number of rotatable bonds is 2. The predicted molar refractivity (Wildman–Crippen MR) is 72.6 cm³/mol. The lowest BCUT2D eigenvalue weighted by Gasteiger charge is -2.30. The summed E-state index contributed by atoms with van der Waals surface area (Å²) in [6, 6.07) is 0. The Labute approximate surface area is 119 Å². The van der Waals surface area contributed by atoms with Crippen LogP contribution in [0.4, 0.5) is 0 Å². The fraction of sp³-hybridized carbons (Fsp3) is 0.714. The van der Waals surface area contributed by atoms with Crippen LogP contribution in [0.1, 0.15) is 27.7 Å². The van der Waals surface area contributed by atoms with Crippen molar-refractivity contribution >= 4 is 11.8 Å². The number of nitrogens with zero attached hydrogens (tertiary/aromatic N) is 2. The highest BCUT2D eigenvalue weighted by atomic mass is 16.5. The zero-order chi connectivity index (χ0) is 15.0. The summed E-state index contributed by atoms with van der Waals surface area (Å²) in [5.41, 5.74) is -1.22. The molecule has 0 spiro atoms. The number of hydrogen-bond acceptors (Lipinski definition) is 4. The molecular formula is C14H22N2O4. The van der Waals surface area contributed by atoms with Gasteiger partial charge in [0.05, 0.1) is 13.2 Å². The summed E-state index contributed by atoms with van der Waals surface area (Å²) in [5.74, 6) is -0.419. The molecule has 0 aromatic rings. The molecule has 112 valence electrons. The molecule has 2 amide bonds. The summed E-state index contributed by atoms with van der Waals surface area (Å²) in [4.78, 5) is 27.4. The molecule has 6 heteroatoms. The van der Waals surface area contributed by atoms with Crippen LogP contribution in [0.2, 0.25) is 0 Å². The van der Waals surface area contributed by atoms with Crippen LogP contribution in [0.5, 0.6) is 0 Å². The third-order valence-electron chi connectivity index (χ3n) is 3.74. The van der Waals surface area contributed by atoms with E-state index in [1.165, 1.54) is 12.2 Å². The Morgan fingerprint density at radius 3 is 1.45 bits per heavy atom. The molecule has 0 aromatic heterocycles. The van der Waals surface area contributed by atoms with Crippen LogP contribution in [0.25, 0.3) is 0 Å². The Morgan fingerprint density at radius 1 is 0.850 bits per heavy atom. The average Bonchev–Trinajstić information content (AvgIpc) is 2.87. The van der Waals surface area contributed by atoms with Crippen LogP contribution in [0.3, 0.4) is 0 Å². The molecule has 0 N–H and O–H groups in total. The first-order valence-electron chi connectivity index (χ1n) is 6.83. The van der Waals surface area contributed by atoms with E-state index in [1.807, 2.05) is 27.7 Å². The number of amides is 2. The maximum Gasteiger partial charge on any atom is 0.249 e. The fourth-order valence-corrected chi connectivity index (χ4v) is 2.54. The summed E-state index contributed by atoms with van der Waals surface area (Å²) in [7, 11) is 0. The molecule has 2 rings (SSSR count). The van der Waals surface area contributed by atoms with Crippen molar-refractivity contribution in [3.63, 3.8) is 0 Å². The van der Waals surface area contributed by atoms with Crippen LogP contribution in [0, 0.1) is 0 Å². The Bertz CT molecular complexity index is 402. The summed E-state index contributed by atoms with van der Waals surface area (Å²) in [6.07, 6.45) is 2.63. The van der Waals surface area contributed by atoms with Crippen molar-refractivity contribution in [3.8, 4) is 0 Å². The van der Waals surface area contributed by atoms with Gasteiger partial charge in [0, 0.05) is 25.2 Å². The average molecular weight is 282 g/mol. The van der Waals surface area contributed by atoms with Crippen molar-refractivity contribution in [2.24, 2.45) is 0 Å². The lowest BCUT2D eigenvalue weighted by Crippen LogP contribution is -2.44. The highest BCUT2D eigenvalue weighted by Gasteiger charge is 2.37. The van der Waals surface area contributed by atoms with E-state index >= 15 is 0 Å². The lowest BCUT2D eigenvalue weighted by atomic mass is 10.2. The maximum absolute atomic E-state index is 12.1. The molecule has 2 aliphatic heterocycles. The van der Waals surface area contributed by atoms with E-state index < -0.39 is 11.4 Å². The van der Waals surface area contributed by atoms with Crippen LogP contribution in [0.15, 0.2) is 12.2 Å². The zero-order valence-corrected chi connectivity index (χ0v) is 12.5. The van der Waals surface area contributed by atoms with Crippen LogP contribution >= 0.6 is 0 Å². The Hall–Kier alpha value is -1.40.